The van der Waals surface area contributed by atoms with Crippen molar-refractivity contribution in [1.82, 2.24) is 4.90 Å². The van der Waals surface area contributed by atoms with Crippen LogP contribution in [0.5, 0.6) is 0 Å². The van der Waals surface area contributed by atoms with E-state index in [1.54, 1.807) is 6.92 Å². The number of nitrogens with zero attached hydrogens (tertiary/aromatic N) is 1. The third-order valence-corrected chi connectivity index (χ3v) is 3.20. The molecule has 1 aromatic rings. The maximum absolute atomic E-state index is 11.2. The SMILES string of the molecule is CC(=O)N1CC=C(c2cccc(C(=N)N)c2)CC1. The molecule has 0 saturated heterocycles. The van der Waals surface area contributed by atoms with E-state index < -0.39 is 0 Å². The molecule has 2 rings (SSSR count). The normalized spacial score (nSPS) is 15.2. The Kier molecular flexibility index (Phi) is 3.46. The van der Waals surface area contributed by atoms with E-state index >= 15 is 0 Å². The smallest absolute Gasteiger partial charge is 0.219 e. The van der Waals surface area contributed by atoms with Crippen LogP contribution in [0.1, 0.15) is 24.5 Å². The highest BCUT2D eigenvalue weighted by Gasteiger charge is 2.14. The van der Waals surface area contributed by atoms with E-state index in [0.717, 1.165) is 24.1 Å². The molecule has 4 nitrogen and oxygen atoms in total. The van der Waals surface area contributed by atoms with E-state index in [1.807, 2.05) is 29.2 Å². The van der Waals surface area contributed by atoms with Crippen molar-refractivity contribution in [2.45, 2.75) is 13.3 Å². The van der Waals surface area contributed by atoms with Crippen molar-refractivity contribution in [1.29, 1.82) is 5.41 Å². The highest BCUT2D eigenvalue weighted by molar-refractivity contribution is 5.95. The van der Waals surface area contributed by atoms with Gasteiger partial charge in [0.2, 0.25) is 5.91 Å². The molecule has 94 valence electrons. The summed E-state index contributed by atoms with van der Waals surface area (Å²) in [4.78, 5) is 13.1. The molecular formula is C14H17N3O. The van der Waals surface area contributed by atoms with Crippen molar-refractivity contribution < 1.29 is 4.79 Å². The first-order valence-electron chi connectivity index (χ1n) is 5.97. The molecule has 0 atom stereocenters. The fourth-order valence-corrected chi connectivity index (χ4v) is 2.10. The summed E-state index contributed by atoms with van der Waals surface area (Å²) in [5, 5.41) is 7.44. The van der Waals surface area contributed by atoms with Gasteiger partial charge in [0.1, 0.15) is 5.84 Å². The molecule has 0 fully saturated rings. The van der Waals surface area contributed by atoms with Gasteiger partial charge in [-0.1, -0.05) is 24.3 Å². The third-order valence-electron chi connectivity index (χ3n) is 3.20. The number of amides is 1. The van der Waals surface area contributed by atoms with Gasteiger partial charge >= 0.3 is 0 Å². The molecule has 4 heteroatoms. The molecule has 0 radical (unpaired) electrons. The average molecular weight is 243 g/mol. The predicted molar refractivity (Wildman–Crippen MR) is 72.3 cm³/mol. The minimum atomic E-state index is 0.0821. The Hall–Kier alpha value is -2.10. The topological polar surface area (TPSA) is 70.2 Å². The fourth-order valence-electron chi connectivity index (χ4n) is 2.10. The molecule has 1 amide bonds. The zero-order valence-electron chi connectivity index (χ0n) is 10.4. The highest BCUT2D eigenvalue weighted by atomic mass is 16.2. The lowest BCUT2D eigenvalue weighted by Gasteiger charge is -2.25. The average Bonchev–Trinajstić information content (AvgIpc) is 2.39. The van der Waals surface area contributed by atoms with Crippen LogP contribution in [-0.2, 0) is 4.79 Å². The number of carbonyl (C=O) groups excluding carboxylic acids is 1. The van der Waals surface area contributed by atoms with Crippen LogP contribution < -0.4 is 5.73 Å². The van der Waals surface area contributed by atoms with Gasteiger partial charge in [0.25, 0.3) is 0 Å². The Morgan fingerprint density at radius 3 is 2.78 bits per heavy atom. The minimum Gasteiger partial charge on any atom is -0.384 e. The van der Waals surface area contributed by atoms with Crippen LogP contribution in [0, 0.1) is 5.41 Å². The van der Waals surface area contributed by atoms with E-state index in [2.05, 4.69) is 6.08 Å². The maximum Gasteiger partial charge on any atom is 0.219 e. The van der Waals surface area contributed by atoms with E-state index in [-0.39, 0.29) is 11.7 Å². The molecule has 0 unspecified atom stereocenters. The van der Waals surface area contributed by atoms with E-state index in [0.29, 0.717) is 6.54 Å². The number of hydrogen-bond acceptors (Lipinski definition) is 2. The van der Waals surface area contributed by atoms with Crippen molar-refractivity contribution in [2.24, 2.45) is 5.73 Å². The zero-order valence-corrected chi connectivity index (χ0v) is 10.4. The molecular weight excluding hydrogens is 226 g/mol. The second kappa shape index (κ2) is 5.04. The van der Waals surface area contributed by atoms with E-state index in [9.17, 15) is 4.79 Å². The third kappa shape index (κ3) is 2.59. The summed E-state index contributed by atoms with van der Waals surface area (Å²) in [6, 6.07) is 7.68. The number of hydrogen-bond donors (Lipinski definition) is 2. The molecule has 18 heavy (non-hydrogen) atoms. The Morgan fingerprint density at radius 1 is 1.44 bits per heavy atom. The summed E-state index contributed by atoms with van der Waals surface area (Å²) in [6.45, 7) is 3.01. The van der Waals surface area contributed by atoms with Gasteiger partial charge in [-0.15, -0.1) is 0 Å². The molecule has 1 aromatic carbocycles. The maximum atomic E-state index is 11.2. The summed E-state index contributed by atoms with van der Waals surface area (Å²) in [5.41, 5.74) is 8.53. The fraction of sp³-hybridized carbons (Fsp3) is 0.286. The van der Waals surface area contributed by atoms with Crippen molar-refractivity contribution >= 4 is 17.3 Å². The summed E-state index contributed by atoms with van der Waals surface area (Å²) >= 11 is 0. The van der Waals surface area contributed by atoms with Gasteiger partial charge in [0, 0.05) is 25.6 Å². The first-order chi connectivity index (χ1) is 8.58. The van der Waals surface area contributed by atoms with Crippen LogP contribution in [-0.4, -0.2) is 29.7 Å². The van der Waals surface area contributed by atoms with Crippen LogP contribution in [0.15, 0.2) is 30.3 Å². The molecule has 0 aliphatic carbocycles. The number of nitrogen functional groups attached to an aromatic ring is 1. The van der Waals surface area contributed by atoms with Crippen molar-refractivity contribution in [3.63, 3.8) is 0 Å². The molecule has 1 aliphatic rings. The van der Waals surface area contributed by atoms with Gasteiger partial charge < -0.3 is 10.6 Å². The summed E-state index contributed by atoms with van der Waals surface area (Å²) in [7, 11) is 0. The number of benzene rings is 1. The van der Waals surface area contributed by atoms with Gasteiger partial charge in [-0.3, -0.25) is 10.2 Å². The Balaban J connectivity index is 2.20. The zero-order chi connectivity index (χ0) is 13.1. The molecule has 0 bridgehead atoms. The lowest BCUT2D eigenvalue weighted by molar-refractivity contribution is -0.128. The highest BCUT2D eigenvalue weighted by Crippen LogP contribution is 2.23. The standard InChI is InChI=1S/C14H17N3O/c1-10(18)17-7-5-11(6-8-17)12-3-2-4-13(9-12)14(15)16/h2-5,9H,6-8H2,1H3,(H3,15,16). The van der Waals surface area contributed by atoms with Gasteiger partial charge in [-0.2, -0.15) is 0 Å². The molecule has 0 spiro atoms. The first kappa shape index (κ1) is 12.4. The van der Waals surface area contributed by atoms with Crippen molar-refractivity contribution in [3.05, 3.63) is 41.5 Å². The quantitative estimate of drug-likeness (QED) is 0.612. The van der Waals surface area contributed by atoms with Crippen LogP contribution in [0.2, 0.25) is 0 Å². The molecule has 3 N–H and O–H groups in total. The Labute approximate surface area is 107 Å². The lowest BCUT2D eigenvalue weighted by Crippen LogP contribution is -2.32. The van der Waals surface area contributed by atoms with Crippen LogP contribution >= 0.6 is 0 Å². The summed E-state index contributed by atoms with van der Waals surface area (Å²) in [6.07, 6.45) is 2.92. The number of rotatable bonds is 2. The van der Waals surface area contributed by atoms with Crippen molar-refractivity contribution in [2.75, 3.05) is 13.1 Å². The molecule has 0 aromatic heterocycles. The van der Waals surface area contributed by atoms with Crippen LogP contribution in [0.3, 0.4) is 0 Å². The number of carbonyl (C=O) groups is 1. The van der Waals surface area contributed by atoms with E-state index in [1.165, 1.54) is 5.57 Å². The molecule has 1 aliphatic heterocycles. The summed E-state index contributed by atoms with van der Waals surface area (Å²) in [5.74, 6) is 0.196. The second-order valence-electron chi connectivity index (χ2n) is 4.44. The largest absolute Gasteiger partial charge is 0.384 e. The van der Waals surface area contributed by atoms with Gasteiger partial charge in [-0.25, -0.2) is 0 Å². The summed E-state index contributed by atoms with van der Waals surface area (Å²) < 4.78 is 0. The number of amidine groups is 1. The van der Waals surface area contributed by atoms with E-state index in [4.69, 9.17) is 11.1 Å². The number of nitrogens with two attached hydrogens (primary N) is 1. The van der Waals surface area contributed by atoms with Gasteiger partial charge in [0.15, 0.2) is 0 Å². The Morgan fingerprint density at radius 2 is 2.22 bits per heavy atom. The number of nitrogens with one attached hydrogen (secondary N) is 1. The van der Waals surface area contributed by atoms with Crippen molar-refractivity contribution in [3.8, 4) is 0 Å². The van der Waals surface area contributed by atoms with Gasteiger partial charge in [0.05, 0.1) is 0 Å². The van der Waals surface area contributed by atoms with Gasteiger partial charge in [-0.05, 0) is 23.6 Å². The second-order valence-corrected chi connectivity index (χ2v) is 4.44. The minimum absolute atomic E-state index is 0.0821. The van der Waals surface area contributed by atoms with Crippen LogP contribution in [0.4, 0.5) is 0 Å². The lowest BCUT2D eigenvalue weighted by atomic mass is 9.97. The first-order valence-corrected chi connectivity index (χ1v) is 5.97. The molecule has 1 heterocycles. The molecule has 0 saturated carbocycles. The monoisotopic (exact) mass is 243 g/mol. The Bertz CT molecular complexity index is 520. The van der Waals surface area contributed by atoms with Crippen LogP contribution in [0.25, 0.3) is 5.57 Å². The predicted octanol–water partition coefficient (Wildman–Crippen LogP) is 1.61.